The normalized spacial score (nSPS) is 23.2. The highest BCUT2D eigenvalue weighted by molar-refractivity contribution is 8.00. The van der Waals surface area contributed by atoms with E-state index in [9.17, 15) is 0 Å². The van der Waals surface area contributed by atoms with E-state index in [1.807, 2.05) is 6.07 Å². The zero-order valence-corrected chi connectivity index (χ0v) is 10.9. The highest BCUT2D eigenvalue weighted by Gasteiger charge is 2.22. The molecule has 0 aromatic heterocycles. The number of benzene rings is 2. The summed E-state index contributed by atoms with van der Waals surface area (Å²) in [6, 6.07) is 19.6. The van der Waals surface area contributed by atoms with Gasteiger partial charge in [0.1, 0.15) is 5.50 Å². The molecule has 1 aliphatic rings. The lowest BCUT2D eigenvalue weighted by atomic mass is 10.0. The van der Waals surface area contributed by atoms with E-state index >= 15 is 0 Å². The third kappa shape index (κ3) is 2.43. The fourth-order valence-electron chi connectivity index (χ4n) is 2.23. The third-order valence-electron chi connectivity index (χ3n) is 3.23. The van der Waals surface area contributed by atoms with Crippen molar-refractivity contribution < 1.29 is 0 Å². The van der Waals surface area contributed by atoms with Crippen molar-refractivity contribution in [3.63, 3.8) is 0 Å². The van der Waals surface area contributed by atoms with Crippen molar-refractivity contribution in [2.24, 2.45) is 5.73 Å². The quantitative estimate of drug-likeness (QED) is 0.867. The Labute approximate surface area is 112 Å². The van der Waals surface area contributed by atoms with Crippen LogP contribution in [-0.4, -0.2) is 11.3 Å². The topological polar surface area (TPSA) is 38.0 Å². The molecule has 0 amide bonds. The summed E-state index contributed by atoms with van der Waals surface area (Å²) in [5, 5.41) is 3.37. The summed E-state index contributed by atoms with van der Waals surface area (Å²) in [6.07, 6.45) is 0. The molecule has 2 nitrogen and oxygen atoms in total. The second-order valence-corrected chi connectivity index (χ2v) is 5.64. The first-order valence-corrected chi connectivity index (χ1v) is 7.16. The van der Waals surface area contributed by atoms with Crippen LogP contribution in [0, 0.1) is 0 Å². The van der Waals surface area contributed by atoms with E-state index in [0.29, 0.717) is 6.04 Å². The predicted molar refractivity (Wildman–Crippen MR) is 78.2 cm³/mol. The molecule has 3 N–H and O–H groups in total. The summed E-state index contributed by atoms with van der Waals surface area (Å²) < 4.78 is 0. The van der Waals surface area contributed by atoms with Gasteiger partial charge in [-0.1, -0.05) is 54.6 Å². The van der Waals surface area contributed by atoms with Gasteiger partial charge in [0.25, 0.3) is 0 Å². The highest BCUT2D eigenvalue weighted by atomic mass is 32.2. The van der Waals surface area contributed by atoms with Gasteiger partial charge in [-0.3, -0.25) is 5.32 Å². The molecule has 3 rings (SSSR count). The maximum absolute atomic E-state index is 5.84. The molecular formula is C15H16N2S. The molecule has 1 heterocycles. The van der Waals surface area contributed by atoms with Crippen molar-refractivity contribution in [3.05, 3.63) is 60.2 Å². The molecular weight excluding hydrogens is 240 g/mol. The van der Waals surface area contributed by atoms with Crippen LogP contribution in [0.3, 0.4) is 0 Å². The van der Waals surface area contributed by atoms with Crippen LogP contribution in [-0.2, 0) is 0 Å². The Morgan fingerprint density at radius 1 is 0.944 bits per heavy atom. The first-order valence-electron chi connectivity index (χ1n) is 6.11. The lowest BCUT2D eigenvalue weighted by molar-refractivity contribution is 0.600. The van der Waals surface area contributed by atoms with Crippen molar-refractivity contribution >= 4 is 11.8 Å². The average Bonchev–Trinajstić information content (AvgIpc) is 2.87. The van der Waals surface area contributed by atoms with Gasteiger partial charge in [-0.2, -0.15) is 0 Å². The largest absolute Gasteiger partial charge is 0.307 e. The standard InChI is InChI=1S/C15H16N2S/c16-15-17-14(10-18-15)13-8-6-12(7-9-13)11-4-2-1-3-5-11/h1-9,14-15,17H,10,16H2. The third-order valence-corrected chi connectivity index (χ3v) is 4.25. The van der Waals surface area contributed by atoms with E-state index in [1.165, 1.54) is 16.7 Å². The molecule has 92 valence electrons. The Balaban J connectivity index is 1.81. The van der Waals surface area contributed by atoms with Crippen molar-refractivity contribution in [1.29, 1.82) is 0 Å². The van der Waals surface area contributed by atoms with Crippen molar-refractivity contribution in [1.82, 2.24) is 5.32 Å². The van der Waals surface area contributed by atoms with Crippen LogP contribution in [0.4, 0.5) is 0 Å². The van der Waals surface area contributed by atoms with Gasteiger partial charge in [0.05, 0.1) is 0 Å². The molecule has 2 unspecified atom stereocenters. The van der Waals surface area contributed by atoms with Crippen LogP contribution in [0.1, 0.15) is 11.6 Å². The van der Waals surface area contributed by atoms with E-state index < -0.39 is 0 Å². The fraction of sp³-hybridized carbons (Fsp3) is 0.200. The van der Waals surface area contributed by atoms with Crippen molar-refractivity contribution in [2.45, 2.75) is 11.5 Å². The van der Waals surface area contributed by atoms with Gasteiger partial charge in [-0.15, -0.1) is 11.8 Å². The smallest absolute Gasteiger partial charge is 0.103 e. The van der Waals surface area contributed by atoms with Gasteiger partial charge in [0, 0.05) is 11.8 Å². The molecule has 2 aromatic rings. The minimum atomic E-state index is 0.0730. The molecule has 2 atom stereocenters. The molecule has 1 saturated heterocycles. The molecule has 0 aliphatic carbocycles. The SMILES string of the molecule is NC1NC(c2ccc(-c3ccccc3)cc2)CS1. The monoisotopic (exact) mass is 256 g/mol. The van der Waals surface area contributed by atoms with Crippen molar-refractivity contribution in [3.8, 4) is 11.1 Å². The Morgan fingerprint density at radius 3 is 2.22 bits per heavy atom. The summed E-state index contributed by atoms with van der Waals surface area (Å²) in [7, 11) is 0. The van der Waals surface area contributed by atoms with Crippen LogP contribution in [0.2, 0.25) is 0 Å². The molecule has 2 aromatic carbocycles. The van der Waals surface area contributed by atoms with Crippen LogP contribution < -0.4 is 11.1 Å². The molecule has 0 bridgehead atoms. The Hall–Kier alpha value is -1.29. The summed E-state index contributed by atoms with van der Waals surface area (Å²) in [5.74, 6) is 1.05. The van der Waals surface area contributed by atoms with Crippen LogP contribution in [0.5, 0.6) is 0 Å². The second-order valence-electron chi connectivity index (χ2n) is 4.46. The first-order chi connectivity index (χ1) is 8.83. The number of rotatable bonds is 2. The molecule has 0 spiro atoms. The molecule has 0 saturated carbocycles. The van der Waals surface area contributed by atoms with Gasteiger partial charge in [-0.05, 0) is 16.7 Å². The second kappa shape index (κ2) is 5.14. The Bertz CT molecular complexity index is 510. The number of thioether (sulfide) groups is 1. The summed E-state index contributed by atoms with van der Waals surface area (Å²) in [5.41, 5.74) is 9.74. The van der Waals surface area contributed by atoms with Crippen LogP contribution in [0.25, 0.3) is 11.1 Å². The van der Waals surface area contributed by atoms with Crippen LogP contribution >= 0.6 is 11.8 Å². The minimum absolute atomic E-state index is 0.0730. The Morgan fingerprint density at radius 2 is 1.61 bits per heavy atom. The zero-order valence-electron chi connectivity index (χ0n) is 10.0. The summed E-state index contributed by atoms with van der Waals surface area (Å²) in [6.45, 7) is 0. The van der Waals surface area contributed by atoms with Crippen molar-refractivity contribution in [2.75, 3.05) is 5.75 Å². The number of nitrogens with two attached hydrogens (primary N) is 1. The minimum Gasteiger partial charge on any atom is -0.307 e. The zero-order chi connectivity index (χ0) is 12.4. The lowest BCUT2D eigenvalue weighted by Gasteiger charge is -2.11. The van der Waals surface area contributed by atoms with E-state index in [-0.39, 0.29) is 5.50 Å². The first kappa shape index (κ1) is 11.8. The van der Waals surface area contributed by atoms with Crippen LogP contribution in [0.15, 0.2) is 54.6 Å². The van der Waals surface area contributed by atoms with E-state index in [0.717, 1.165) is 5.75 Å². The van der Waals surface area contributed by atoms with E-state index in [2.05, 4.69) is 53.8 Å². The summed E-state index contributed by atoms with van der Waals surface area (Å²) in [4.78, 5) is 0. The molecule has 3 heteroatoms. The number of hydrogen-bond donors (Lipinski definition) is 2. The Kier molecular flexibility index (Phi) is 3.37. The van der Waals surface area contributed by atoms with Gasteiger partial charge >= 0.3 is 0 Å². The fourth-order valence-corrected chi connectivity index (χ4v) is 3.17. The highest BCUT2D eigenvalue weighted by Crippen LogP contribution is 2.28. The lowest BCUT2D eigenvalue weighted by Crippen LogP contribution is -2.30. The van der Waals surface area contributed by atoms with E-state index in [1.54, 1.807) is 11.8 Å². The maximum atomic E-state index is 5.84. The van der Waals surface area contributed by atoms with Gasteiger partial charge in [-0.25, -0.2) is 0 Å². The van der Waals surface area contributed by atoms with Gasteiger partial charge in [0.2, 0.25) is 0 Å². The average molecular weight is 256 g/mol. The maximum Gasteiger partial charge on any atom is 0.103 e. The molecule has 18 heavy (non-hydrogen) atoms. The molecule has 1 aliphatic heterocycles. The van der Waals surface area contributed by atoms with E-state index in [4.69, 9.17) is 5.73 Å². The predicted octanol–water partition coefficient (Wildman–Crippen LogP) is 2.97. The summed E-state index contributed by atoms with van der Waals surface area (Å²) >= 11 is 1.77. The van der Waals surface area contributed by atoms with Gasteiger partial charge < -0.3 is 5.73 Å². The molecule has 0 radical (unpaired) electrons. The number of hydrogen-bond acceptors (Lipinski definition) is 3. The molecule has 1 fully saturated rings. The number of nitrogens with one attached hydrogen (secondary N) is 1. The van der Waals surface area contributed by atoms with Gasteiger partial charge in [0.15, 0.2) is 0 Å².